The van der Waals surface area contributed by atoms with E-state index in [4.69, 9.17) is 4.98 Å². The first-order valence-electron chi connectivity index (χ1n) is 16.1. The summed E-state index contributed by atoms with van der Waals surface area (Å²) < 4.78 is 0. The second kappa shape index (κ2) is 12.0. The van der Waals surface area contributed by atoms with Crippen molar-refractivity contribution in [3.63, 3.8) is 0 Å². The quantitative estimate of drug-likeness (QED) is 0.173. The Morgan fingerprint density at radius 2 is 1.21 bits per heavy atom. The van der Waals surface area contributed by atoms with Crippen LogP contribution in [0.5, 0.6) is 0 Å². The number of pyridine rings is 1. The highest BCUT2D eigenvalue weighted by molar-refractivity contribution is 6.22. The predicted octanol–water partition coefficient (Wildman–Crippen LogP) is 12.9. The molecular formula is C46H33N. The zero-order valence-corrected chi connectivity index (χ0v) is 26.3. The summed E-state index contributed by atoms with van der Waals surface area (Å²) in [6.45, 7) is 6.16. The van der Waals surface area contributed by atoms with Crippen LogP contribution in [0.1, 0.15) is 18.1 Å². The highest BCUT2D eigenvalue weighted by Gasteiger charge is 2.19. The average molecular weight is 600 g/mol. The monoisotopic (exact) mass is 599 g/mol. The van der Waals surface area contributed by atoms with Crippen LogP contribution in [0.4, 0.5) is 0 Å². The van der Waals surface area contributed by atoms with Gasteiger partial charge >= 0.3 is 0 Å². The van der Waals surface area contributed by atoms with Crippen LogP contribution in [0.15, 0.2) is 164 Å². The van der Waals surface area contributed by atoms with Crippen LogP contribution >= 0.6 is 0 Å². The minimum atomic E-state index is 0.954. The number of allylic oxidation sites excluding steroid dienone is 1. The lowest BCUT2D eigenvalue weighted by atomic mass is 9.85. The van der Waals surface area contributed by atoms with Gasteiger partial charge in [0, 0.05) is 17.3 Å². The Morgan fingerprint density at radius 1 is 0.511 bits per heavy atom. The van der Waals surface area contributed by atoms with E-state index in [1.807, 2.05) is 19.2 Å². The molecule has 0 aliphatic heterocycles. The van der Waals surface area contributed by atoms with E-state index in [2.05, 4.69) is 164 Å². The molecule has 47 heavy (non-hydrogen) atoms. The van der Waals surface area contributed by atoms with Crippen molar-refractivity contribution in [1.29, 1.82) is 0 Å². The number of benzene rings is 7. The first-order valence-corrected chi connectivity index (χ1v) is 16.1. The molecule has 8 rings (SSSR count). The molecule has 7 aromatic carbocycles. The first-order chi connectivity index (χ1) is 23.2. The molecule has 0 radical (unpaired) electrons. The maximum Gasteiger partial charge on any atom is 0.0714 e. The smallest absolute Gasteiger partial charge is 0.0714 e. The van der Waals surface area contributed by atoms with Crippen LogP contribution in [-0.4, -0.2) is 4.98 Å². The van der Waals surface area contributed by atoms with Crippen molar-refractivity contribution in [3.8, 4) is 44.6 Å². The molecule has 0 amide bonds. The molecule has 0 bridgehead atoms. The number of fused-ring (bicyclic) bond motifs is 3. The minimum absolute atomic E-state index is 0.954. The fraction of sp³-hybridized carbons (Fsp3) is 0.0217. The zero-order valence-electron chi connectivity index (χ0n) is 26.3. The van der Waals surface area contributed by atoms with Crippen molar-refractivity contribution in [1.82, 2.24) is 4.98 Å². The Bertz CT molecular complexity index is 2470. The van der Waals surface area contributed by atoms with Gasteiger partial charge in [-0.25, -0.2) is 0 Å². The summed E-state index contributed by atoms with van der Waals surface area (Å²) in [5.41, 5.74) is 11.4. The summed E-state index contributed by atoms with van der Waals surface area (Å²) >= 11 is 0. The minimum Gasteiger partial charge on any atom is -0.256 e. The molecule has 0 aliphatic carbocycles. The third-order valence-corrected chi connectivity index (χ3v) is 9.19. The molecule has 1 aromatic heterocycles. The van der Waals surface area contributed by atoms with Crippen LogP contribution in [0.2, 0.25) is 0 Å². The van der Waals surface area contributed by atoms with Gasteiger partial charge in [0.2, 0.25) is 0 Å². The molecule has 0 spiro atoms. The topological polar surface area (TPSA) is 12.9 Å². The summed E-state index contributed by atoms with van der Waals surface area (Å²) in [5, 5.41) is 7.30. The van der Waals surface area contributed by atoms with E-state index in [0.717, 1.165) is 33.5 Å². The van der Waals surface area contributed by atoms with E-state index in [-0.39, 0.29) is 0 Å². The second-order valence-corrected chi connectivity index (χ2v) is 11.9. The van der Waals surface area contributed by atoms with E-state index in [9.17, 15) is 0 Å². The average Bonchev–Trinajstić information content (AvgIpc) is 3.14. The van der Waals surface area contributed by atoms with E-state index < -0.39 is 0 Å². The first kappa shape index (κ1) is 28.4. The Balaban J connectivity index is 1.40. The Morgan fingerprint density at radius 3 is 1.98 bits per heavy atom. The van der Waals surface area contributed by atoms with Crippen LogP contribution in [0.25, 0.3) is 89.1 Å². The van der Waals surface area contributed by atoms with Gasteiger partial charge in [0.1, 0.15) is 0 Å². The molecule has 222 valence electrons. The lowest BCUT2D eigenvalue weighted by Crippen LogP contribution is -1.94. The van der Waals surface area contributed by atoms with Crippen LogP contribution in [0.3, 0.4) is 0 Å². The Kier molecular flexibility index (Phi) is 7.28. The largest absolute Gasteiger partial charge is 0.256 e. The van der Waals surface area contributed by atoms with Gasteiger partial charge in [-0.15, -0.1) is 0 Å². The third-order valence-electron chi connectivity index (χ3n) is 9.19. The van der Waals surface area contributed by atoms with E-state index in [1.54, 1.807) is 0 Å². The number of rotatable bonds is 6. The molecule has 0 N–H and O–H groups in total. The lowest BCUT2D eigenvalue weighted by molar-refractivity contribution is 1.33. The Labute approximate surface area is 275 Å². The summed E-state index contributed by atoms with van der Waals surface area (Å²) in [6, 6.07) is 52.5. The molecule has 1 heterocycles. The van der Waals surface area contributed by atoms with Crippen molar-refractivity contribution in [2.24, 2.45) is 0 Å². The van der Waals surface area contributed by atoms with E-state index in [1.165, 1.54) is 54.6 Å². The van der Waals surface area contributed by atoms with Gasteiger partial charge in [0.25, 0.3) is 0 Å². The van der Waals surface area contributed by atoms with Crippen molar-refractivity contribution in [2.75, 3.05) is 0 Å². The molecule has 0 saturated carbocycles. The van der Waals surface area contributed by atoms with Gasteiger partial charge in [0.15, 0.2) is 0 Å². The molecule has 0 aliphatic rings. The fourth-order valence-electron chi connectivity index (χ4n) is 7.01. The molecule has 0 fully saturated rings. The maximum absolute atomic E-state index is 5.17. The number of hydrogen-bond acceptors (Lipinski definition) is 1. The molecule has 1 heteroatoms. The lowest BCUT2D eigenvalue weighted by Gasteiger charge is -2.19. The summed E-state index contributed by atoms with van der Waals surface area (Å²) in [5.74, 6) is 0. The van der Waals surface area contributed by atoms with Gasteiger partial charge in [-0.05, 0) is 96.4 Å². The SMILES string of the molecule is C=Cc1c(/C=C\C)cccc1-c1ccc(-c2c3ccccc3c(-c3ccc4ccccc4c3)c3ccc(-c4ccccc4)cc23)nc1. The summed E-state index contributed by atoms with van der Waals surface area (Å²) in [6.07, 6.45) is 8.14. The van der Waals surface area contributed by atoms with Crippen molar-refractivity contribution < 1.29 is 0 Å². The third kappa shape index (κ3) is 5.03. The number of aromatic nitrogens is 1. The van der Waals surface area contributed by atoms with Crippen molar-refractivity contribution >= 4 is 44.5 Å². The predicted molar refractivity (Wildman–Crippen MR) is 203 cm³/mol. The molecule has 0 unspecified atom stereocenters. The van der Waals surface area contributed by atoms with Crippen LogP contribution in [-0.2, 0) is 0 Å². The zero-order chi connectivity index (χ0) is 31.7. The summed E-state index contributed by atoms with van der Waals surface area (Å²) in [7, 11) is 0. The van der Waals surface area contributed by atoms with Crippen LogP contribution in [0, 0.1) is 0 Å². The molecule has 0 saturated heterocycles. The molecule has 0 atom stereocenters. The standard InChI is InChI=1S/C46H33N/c1-3-13-33-18-12-21-39(38(33)4-2)37-25-27-44(47-30-37)46-41-20-11-10-19-40(41)45(36-23-22-32-16-8-9-17-34(32)28-36)42-26-24-35(29-43(42)46)31-14-6-5-7-15-31/h3-30H,2H2,1H3/b13-3-. The van der Waals surface area contributed by atoms with Gasteiger partial charge < -0.3 is 0 Å². The number of nitrogens with zero attached hydrogens (tertiary/aromatic N) is 1. The van der Waals surface area contributed by atoms with Gasteiger partial charge in [-0.3, -0.25) is 4.98 Å². The van der Waals surface area contributed by atoms with Gasteiger partial charge in [0.05, 0.1) is 5.69 Å². The van der Waals surface area contributed by atoms with Gasteiger partial charge in [-0.1, -0.05) is 152 Å². The van der Waals surface area contributed by atoms with Crippen molar-refractivity contribution in [2.45, 2.75) is 6.92 Å². The van der Waals surface area contributed by atoms with Crippen LogP contribution < -0.4 is 0 Å². The van der Waals surface area contributed by atoms with E-state index >= 15 is 0 Å². The second-order valence-electron chi connectivity index (χ2n) is 11.9. The Hall–Kier alpha value is -6.05. The molecular weight excluding hydrogens is 567 g/mol. The fourth-order valence-corrected chi connectivity index (χ4v) is 7.01. The molecule has 8 aromatic rings. The highest BCUT2D eigenvalue weighted by Crippen LogP contribution is 2.45. The maximum atomic E-state index is 5.17. The van der Waals surface area contributed by atoms with E-state index in [0.29, 0.717) is 0 Å². The van der Waals surface area contributed by atoms with Crippen molar-refractivity contribution in [3.05, 3.63) is 176 Å². The number of hydrogen-bond donors (Lipinski definition) is 0. The normalized spacial score (nSPS) is 11.5. The highest BCUT2D eigenvalue weighted by atomic mass is 14.7. The summed E-state index contributed by atoms with van der Waals surface area (Å²) in [4.78, 5) is 5.17. The van der Waals surface area contributed by atoms with Gasteiger partial charge in [-0.2, -0.15) is 0 Å². The molecule has 1 nitrogen and oxygen atoms in total.